The second kappa shape index (κ2) is 15.6. The number of fused-ring (bicyclic) bond motifs is 13. The summed E-state index contributed by atoms with van der Waals surface area (Å²) in [7, 11) is 0. The van der Waals surface area contributed by atoms with Gasteiger partial charge in [0.1, 0.15) is 0 Å². The summed E-state index contributed by atoms with van der Waals surface area (Å²) in [5, 5.41) is 2.45. The van der Waals surface area contributed by atoms with Crippen molar-refractivity contribution >= 4 is 38.9 Å². The third kappa shape index (κ3) is 5.86. The molecule has 11 aromatic carbocycles. The Hall–Kier alpha value is -8.98. The molecule has 322 valence electrons. The van der Waals surface area contributed by atoms with Crippen LogP contribution in [0.15, 0.2) is 267 Å². The molecule has 0 saturated heterocycles. The highest BCUT2D eigenvalue weighted by atomic mass is 15.1. The molecule has 69 heavy (non-hydrogen) atoms. The third-order valence-electron chi connectivity index (χ3n) is 14.8. The molecule has 0 unspecified atom stereocenters. The summed E-state index contributed by atoms with van der Waals surface area (Å²) in [6, 6.07) is 98.5. The molecule has 0 fully saturated rings. The minimum absolute atomic E-state index is 0.422. The number of hydrogen-bond donors (Lipinski definition) is 0. The molecule has 2 heteroatoms. The van der Waals surface area contributed by atoms with Gasteiger partial charge in [0.15, 0.2) is 0 Å². The highest BCUT2D eigenvalue weighted by molar-refractivity contribution is 6.11. The Bertz CT molecular complexity index is 3890. The van der Waals surface area contributed by atoms with E-state index in [1.807, 2.05) is 0 Å². The zero-order valence-corrected chi connectivity index (χ0v) is 37.8. The van der Waals surface area contributed by atoms with Crippen LogP contribution in [-0.2, 0) is 5.41 Å². The third-order valence-corrected chi connectivity index (χ3v) is 14.8. The van der Waals surface area contributed by atoms with Crippen molar-refractivity contribution in [1.29, 1.82) is 0 Å². The lowest BCUT2D eigenvalue weighted by Crippen LogP contribution is -2.25. The van der Waals surface area contributed by atoms with Crippen molar-refractivity contribution in [3.8, 4) is 61.3 Å². The molecule has 2 aliphatic carbocycles. The summed E-state index contributed by atoms with van der Waals surface area (Å²) in [4.78, 5) is 2.38. The Kier molecular flexibility index (Phi) is 8.84. The highest BCUT2D eigenvalue weighted by Crippen LogP contribution is 2.64. The van der Waals surface area contributed by atoms with Crippen LogP contribution in [-0.4, -0.2) is 4.57 Å². The minimum Gasteiger partial charge on any atom is -0.310 e. The van der Waals surface area contributed by atoms with Crippen LogP contribution in [0.4, 0.5) is 17.1 Å². The number of anilines is 3. The average molecular weight is 877 g/mol. The van der Waals surface area contributed by atoms with Gasteiger partial charge in [-0.2, -0.15) is 0 Å². The zero-order chi connectivity index (χ0) is 45.5. The molecular weight excluding hydrogens is 833 g/mol. The number of nitrogens with zero attached hydrogens (tertiary/aromatic N) is 2. The highest BCUT2D eigenvalue weighted by Gasteiger charge is 2.52. The molecular formula is C67H44N2. The van der Waals surface area contributed by atoms with Crippen molar-refractivity contribution in [1.82, 2.24) is 4.57 Å². The molecule has 0 atom stereocenters. The Balaban J connectivity index is 0.944. The number of rotatable bonds is 7. The van der Waals surface area contributed by atoms with Gasteiger partial charge in [-0.3, -0.25) is 0 Å². The Morgan fingerprint density at radius 2 is 0.797 bits per heavy atom. The first-order valence-corrected chi connectivity index (χ1v) is 23.9. The minimum atomic E-state index is -0.422. The van der Waals surface area contributed by atoms with E-state index in [0.717, 1.165) is 28.3 Å². The van der Waals surface area contributed by atoms with Crippen LogP contribution in [0, 0.1) is 0 Å². The second-order valence-corrected chi connectivity index (χ2v) is 18.3. The van der Waals surface area contributed by atoms with E-state index in [9.17, 15) is 0 Å². The molecule has 2 nitrogen and oxygen atoms in total. The van der Waals surface area contributed by atoms with Crippen LogP contribution in [0.3, 0.4) is 0 Å². The SMILES string of the molecule is c1ccc(-c2ccc(-c3ccc(N(c4ccccc4)c4ccc5c(c4)c4ccccc4n5-c4ccccc4)cc3)c(-c3cccc4c3-c3ccccc3C43c4ccccc4-c4ccccc43)c2)cc1. The Morgan fingerprint density at radius 1 is 0.275 bits per heavy atom. The standard InChI is InChI=1S/C67H44N2/c1-4-19-45(20-5-1)47-37-41-52(58(43-47)56-29-18-33-63-66(56)57-28-12-16-32-62(57)67(63)60-30-14-10-25-53(60)54-26-11-15-31-61(54)67)46-35-38-50(39-36-46)68(48-21-6-2-7-22-48)51-40-42-65-59(44-51)55-27-13-17-34-64(55)69(65)49-23-8-3-9-24-49/h1-44H. The Labute approximate surface area is 402 Å². The van der Waals surface area contributed by atoms with Gasteiger partial charge < -0.3 is 9.47 Å². The van der Waals surface area contributed by atoms with E-state index in [-0.39, 0.29) is 0 Å². The van der Waals surface area contributed by atoms with Gasteiger partial charge in [0, 0.05) is 33.5 Å². The number of benzene rings is 11. The van der Waals surface area contributed by atoms with Crippen LogP contribution in [0.2, 0.25) is 0 Å². The van der Waals surface area contributed by atoms with Crippen molar-refractivity contribution in [3.63, 3.8) is 0 Å². The van der Waals surface area contributed by atoms with E-state index in [1.54, 1.807) is 0 Å². The monoisotopic (exact) mass is 876 g/mol. The molecule has 12 aromatic rings. The molecule has 1 spiro atoms. The van der Waals surface area contributed by atoms with E-state index in [2.05, 4.69) is 276 Å². The smallest absolute Gasteiger partial charge is 0.0725 e. The number of aromatic nitrogens is 1. The summed E-state index contributed by atoms with van der Waals surface area (Å²) < 4.78 is 2.38. The quantitative estimate of drug-likeness (QED) is 0.155. The first kappa shape index (κ1) is 39.2. The summed E-state index contributed by atoms with van der Waals surface area (Å²) in [6.07, 6.45) is 0. The lowest BCUT2D eigenvalue weighted by Gasteiger charge is -2.30. The molecule has 0 amide bonds. The maximum absolute atomic E-state index is 2.43. The molecule has 0 aliphatic heterocycles. The molecule has 0 bridgehead atoms. The predicted molar refractivity (Wildman–Crippen MR) is 288 cm³/mol. The normalized spacial score (nSPS) is 12.8. The lowest BCUT2D eigenvalue weighted by atomic mass is 9.70. The predicted octanol–water partition coefficient (Wildman–Crippen LogP) is 17.6. The molecule has 1 heterocycles. The van der Waals surface area contributed by atoms with E-state index in [1.165, 1.54) is 94.1 Å². The number of hydrogen-bond acceptors (Lipinski definition) is 1. The molecule has 2 aliphatic rings. The van der Waals surface area contributed by atoms with Gasteiger partial charge in [-0.05, 0) is 145 Å². The van der Waals surface area contributed by atoms with Crippen molar-refractivity contribution in [2.45, 2.75) is 5.41 Å². The average Bonchev–Trinajstić information content (AvgIpc) is 4.04. The summed E-state index contributed by atoms with van der Waals surface area (Å²) >= 11 is 0. The fourth-order valence-corrected chi connectivity index (χ4v) is 12.0. The van der Waals surface area contributed by atoms with E-state index in [4.69, 9.17) is 0 Å². The van der Waals surface area contributed by atoms with Gasteiger partial charge in [0.05, 0.1) is 16.4 Å². The van der Waals surface area contributed by atoms with Gasteiger partial charge in [-0.25, -0.2) is 0 Å². The van der Waals surface area contributed by atoms with Gasteiger partial charge in [0.25, 0.3) is 0 Å². The molecule has 0 saturated carbocycles. The lowest BCUT2D eigenvalue weighted by molar-refractivity contribution is 0.794. The fraction of sp³-hybridized carbons (Fsp3) is 0.0149. The van der Waals surface area contributed by atoms with Crippen molar-refractivity contribution in [2.75, 3.05) is 4.90 Å². The van der Waals surface area contributed by atoms with Gasteiger partial charge in [-0.1, -0.05) is 200 Å². The molecule has 14 rings (SSSR count). The van der Waals surface area contributed by atoms with Crippen LogP contribution in [0.25, 0.3) is 83.1 Å². The van der Waals surface area contributed by atoms with Crippen LogP contribution in [0.5, 0.6) is 0 Å². The van der Waals surface area contributed by atoms with E-state index < -0.39 is 5.41 Å². The fourth-order valence-electron chi connectivity index (χ4n) is 12.0. The maximum atomic E-state index is 2.43. The van der Waals surface area contributed by atoms with Crippen LogP contribution in [0.1, 0.15) is 22.3 Å². The summed E-state index contributed by atoms with van der Waals surface area (Å²) in [5.74, 6) is 0. The van der Waals surface area contributed by atoms with Crippen molar-refractivity contribution < 1.29 is 0 Å². The zero-order valence-electron chi connectivity index (χ0n) is 37.8. The van der Waals surface area contributed by atoms with Crippen LogP contribution >= 0.6 is 0 Å². The summed E-state index contributed by atoms with van der Waals surface area (Å²) in [5.41, 5.74) is 24.3. The van der Waals surface area contributed by atoms with Gasteiger partial charge in [0.2, 0.25) is 0 Å². The summed E-state index contributed by atoms with van der Waals surface area (Å²) in [6.45, 7) is 0. The van der Waals surface area contributed by atoms with E-state index >= 15 is 0 Å². The molecule has 1 aromatic heterocycles. The molecule has 0 N–H and O–H groups in total. The van der Waals surface area contributed by atoms with Crippen LogP contribution < -0.4 is 4.90 Å². The van der Waals surface area contributed by atoms with Crippen molar-refractivity contribution in [2.24, 2.45) is 0 Å². The van der Waals surface area contributed by atoms with E-state index in [0.29, 0.717) is 0 Å². The van der Waals surface area contributed by atoms with Crippen molar-refractivity contribution in [3.05, 3.63) is 289 Å². The maximum Gasteiger partial charge on any atom is 0.0725 e. The van der Waals surface area contributed by atoms with Gasteiger partial charge >= 0.3 is 0 Å². The number of para-hydroxylation sites is 3. The first-order valence-electron chi connectivity index (χ1n) is 23.9. The second-order valence-electron chi connectivity index (χ2n) is 18.3. The largest absolute Gasteiger partial charge is 0.310 e. The molecule has 0 radical (unpaired) electrons. The van der Waals surface area contributed by atoms with Gasteiger partial charge in [-0.15, -0.1) is 0 Å². The topological polar surface area (TPSA) is 8.17 Å². The first-order chi connectivity index (χ1) is 34.3. The Morgan fingerprint density at radius 3 is 1.52 bits per heavy atom.